The van der Waals surface area contributed by atoms with Crippen molar-refractivity contribution in [3.05, 3.63) is 57.3 Å². The molecule has 0 radical (unpaired) electrons. The van der Waals surface area contributed by atoms with Crippen LogP contribution in [0.15, 0.2) is 35.7 Å². The highest BCUT2D eigenvalue weighted by Crippen LogP contribution is 2.15. The van der Waals surface area contributed by atoms with Crippen LogP contribution in [0.4, 0.5) is 0 Å². The van der Waals surface area contributed by atoms with Crippen molar-refractivity contribution in [1.82, 2.24) is 5.32 Å². The maximum Gasteiger partial charge on any atom is 0.251 e. The Morgan fingerprint density at radius 2 is 2.05 bits per heavy atom. The first kappa shape index (κ1) is 14.3. The number of rotatable bonds is 3. The SMILES string of the molecule is Cc1ccsc1CNC(=O)c1ccc(C#CCO)cc1. The van der Waals surface area contributed by atoms with Crippen molar-refractivity contribution >= 4 is 17.2 Å². The van der Waals surface area contributed by atoms with Crippen LogP contribution in [0.3, 0.4) is 0 Å². The standard InChI is InChI=1S/C16H15NO2S/c1-12-8-10-20-15(12)11-17-16(19)14-6-4-13(5-7-14)3-2-9-18/h4-8,10,18H,9,11H2,1H3,(H,17,19). The fraction of sp³-hybridized carbons (Fsp3) is 0.188. The van der Waals surface area contributed by atoms with E-state index >= 15 is 0 Å². The predicted octanol–water partition coefficient (Wildman–Crippen LogP) is 2.33. The maximum absolute atomic E-state index is 12.0. The van der Waals surface area contributed by atoms with Crippen molar-refractivity contribution in [1.29, 1.82) is 0 Å². The van der Waals surface area contributed by atoms with Gasteiger partial charge in [0.15, 0.2) is 0 Å². The number of aryl methyl sites for hydroxylation is 1. The molecule has 0 bridgehead atoms. The smallest absolute Gasteiger partial charge is 0.251 e. The number of aliphatic hydroxyl groups is 1. The number of nitrogens with one attached hydrogen (secondary N) is 1. The van der Waals surface area contributed by atoms with E-state index < -0.39 is 0 Å². The van der Waals surface area contributed by atoms with Crippen molar-refractivity contribution in [2.75, 3.05) is 6.61 Å². The van der Waals surface area contributed by atoms with E-state index in [4.69, 9.17) is 5.11 Å². The van der Waals surface area contributed by atoms with Gasteiger partial charge in [-0.25, -0.2) is 0 Å². The van der Waals surface area contributed by atoms with E-state index in [-0.39, 0.29) is 12.5 Å². The lowest BCUT2D eigenvalue weighted by molar-refractivity contribution is 0.0951. The van der Waals surface area contributed by atoms with Crippen LogP contribution in [0.5, 0.6) is 0 Å². The highest BCUT2D eigenvalue weighted by atomic mass is 32.1. The lowest BCUT2D eigenvalue weighted by Gasteiger charge is -2.05. The number of benzene rings is 1. The third-order valence-corrected chi connectivity index (χ3v) is 3.86. The van der Waals surface area contributed by atoms with Gasteiger partial charge in [0.05, 0.1) is 6.54 Å². The zero-order valence-corrected chi connectivity index (χ0v) is 12.0. The number of amides is 1. The van der Waals surface area contributed by atoms with Gasteiger partial charge >= 0.3 is 0 Å². The van der Waals surface area contributed by atoms with Crippen molar-refractivity contribution in [3.63, 3.8) is 0 Å². The van der Waals surface area contributed by atoms with Crippen LogP contribution in [0.25, 0.3) is 0 Å². The van der Waals surface area contributed by atoms with Crippen molar-refractivity contribution in [3.8, 4) is 11.8 Å². The number of aliphatic hydroxyl groups excluding tert-OH is 1. The van der Waals surface area contributed by atoms with E-state index in [0.717, 1.165) is 5.56 Å². The molecule has 0 saturated carbocycles. The van der Waals surface area contributed by atoms with E-state index in [0.29, 0.717) is 12.1 Å². The minimum atomic E-state index is -0.164. The summed E-state index contributed by atoms with van der Waals surface area (Å²) in [5, 5.41) is 13.5. The van der Waals surface area contributed by atoms with Gasteiger partial charge in [-0.2, -0.15) is 0 Å². The molecule has 0 atom stereocenters. The third kappa shape index (κ3) is 3.70. The molecular formula is C16H15NO2S. The van der Waals surface area contributed by atoms with Crippen LogP contribution < -0.4 is 5.32 Å². The number of hydrogen-bond donors (Lipinski definition) is 2. The number of hydrogen-bond acceptors (Lipinski definition) is 3. The third-order valence-electron chi connectivity index (χ3n) is 2.84. The van der Waals surface area contributed by atoms with Gasteiger partial charge in [0, 0.05) is 16.0 Å². The molecule has 4 heteroatoms. The van der Waals surface area contributed by atoms with E-state index in [2.05, 4.69) is 17.2 Å². The zero-order valence-electron chi connectivity index (χ0n) is 11.1. The van der Waals surface area contributed by atoms with Gasteiger partial charge < -0.3 is 10.4 Å². The van der Waals surface area contributed by atoms with E-state index in [9.17, 15) is 4.79 Å². The van der Waals surface area contributed by atoms with Gasteiger partial charge in [-0.3, -0.25) is 4.79 Å². The van der Waals surface area contributed by atoms with E-state index in [1.807, 2.05) is 18.4 Å². The predicted molar refractivity (Wildman–Crippen MR) is 80.6 cm³/mol. The summed E-state index contributed by atoms with van der Waals surface area (Å²) < 4.78 is 0. The summed E-state index contributed by atoms with van der Waals surface area (Å²) in [4.78, 5) is 13.2. The monoisotopic (exact) mass is 285 g/mol. The first-order valence-electron chi connectivity index (χ1n) is 6.21. The molecule has 2 N–H and O–H groups in total. The van der Waals surface area contributed by atoms with Crippen LogP contribution in [0, 0.1) is 18.8 Å². The number of carbonyl (C=O) groups excluding carboxylic acids is 1. The molecule has 20 heavy (non-hydrogen) atoms. The summed E-state index contributed by atoms with van der Waals surface area (Å²) in [5.74, 6) is 5.26. The summed E-state index contributed by atoms with van der Waals surface area (Å²) in [6, 6.07) is 9.05. The highest BCUT2D eigenvalue weighted by Gasteiger charge is 2.06. The highest BCUT2D eigenvalue weighted by molar-refractivity contribution is 7.10. The molecule has 0 saturated heterocycles. The number of carbonyl (C=O) groups is 1. The summed E-state index contributed by atoms with van der Waals surface area (Å²) in [5.41, 5.74) is 2.59. The van der Waals surface area contributed by atoms with Gasteiger partial charge in [-0.05, 0) is 48.2 Å². The van der Waals surface area contributed by atoms with Gasteiger partial charge in [0.1, 0.15) is 6.61 Å². The van der Waals surface area contributed by atoms with Crippen molar-refractivity contribution < 1.29 is 9.90 Å². The Kier molecular flexibility index (Phi) is 4.94. The van der Waals surface area contributed by atoms with Crippen LogP contribution >= 0.6 is 11.3 Å². The number of thiophene rings is 1. The average molecular weight is 285 g/mol. The second kappa shape index (κ2) is 6.90. The quantitative estimate of drug-likeness (QED) is 0.850. The van der Waals surface area contributed by atoms with Crippen molar-refractivity contribution in [2.24, 2.45) is 0 Å². The van der Waals surface area contributed by atoms with Crippen LogP contribution in [-0.2, 0) is 6.54 Å². The largest absolute Gasteiger partial charge is 0.384 e. The molecule has 0 aliphatic heterocycles. The van der Waals surface area contributed by atoms with Gasteiger partial charge in [-0.15, -0.1) is 11.3 Å². The Labute approximate surface area is 122 Å². The Morgan fingerprint density at radius 1 is 1.30 bits per heavy atom. The molecule has 1 heterocycles. The van der Waals surface area contributed by atoms with Gasteiger partial charge in [0.2, 0.25) is 0 Å². The molecule has 0 unspecified atom stereocenters. The second-order valence-electron chi connectivity index (χ2n) is 4.25. The fourth-order valence-corrected chi connectivity index (χ4v) is 2.54. The lowest BCUT2D eigenvalue weighted by atomic mass is 10.1. The Morgan fingerprint density at radius 3 is 2.65 bits per heavy atom. The van der Waals surface area contributed by atoms with Crippen LogP contribution in [0.2, 0.25) is 0 Å². The molecule has 3 nitrogen and oxygen atoms in total. The normalized spacial score (nSPS) is 9.70. The van der Waals surface area contributed by atoms with E-state index in [1.165, 1.54) is 10.4 Å². The molecule has 1 aromatic heterocycles. The lowest BCUT2D eigenvalue weighted by Crippen LogP contribution is -2.22. The van der Waals surface area contributed by atoms with E-state index in [1.54, 1.807) is 35.6 Å². The molecule has 2 rings (SSSR count). The topological polar surface area (TPSA) is 49.3 Å². The Balaban J connectivity index is 1.97. The van der Waals surface area contributed by atoms with Crippen LogP contribution in [0.1, 0.15) is 26.4 Å². The molecule has 0 fully saturated rings. The fourth-order valence-electron chi connectivity index (χ4n) is 1.69. The minimum absolute atomic E-state index is 0.0977. The summed E-state index contributed by atoms with van der Waals surface area (Å²) >= 11 is 1.64. The van der Waals surface area contributed by atoms with Crippen LogP contribution in [-0.4, -0.2) is 17.6 Å². The average Bonchev–Trinajstić information content (AvgIpc) is 2.88. The zero-order chi connectivity index (χ0) is 14.4. The molecule has 1 amide bonds. The molecule has 0 aliphatic rings. The Bertz CT molecular complexity index is 647. The maximum atomic E-state index is 12.0. The second-order valence-corrected chi connectivity index (χ2v) is 5.25. The summed E-state index contributed by atoms with van der Waals surface area (Å²) in [7, 11) is 0. The first-order chi connectivity index (χ1) is 9.70. The Hall–Kier alpha value is -2.09. The molecule has 102 valence electrons. The molecular weight excluding hydrogens is 270 g/mol. The van der Waals surface area contributed by atoms with Gasteiger partial charge in [-0.1, -0.05) is 11.8 Å². The molecule has 1 aromatic carbocycles. The summed E-state index contributed by atoms with van der Waals surface area (Å²) in [6.07, 6.45) is 0. The summed E-state index contributed by atoms with van der Waals surface area (Å²) in [6.45, 7) is 2.42. The van der Waals surface area contributed by atoms with Gasteiger partial charge in [0.25, 0.3) is 5.91 Å². The first-order valence-corrected chi connectivity index (χ1v) is 7.09. The molecule has 2 aromatic rings. The van der Waals surface area contributed by atoms with Crippen molar-refractivity contribution in [2.45, 2.75) is 13.5 Å². The minimum Gasteiger partial charge on any atom is -0.384 e. The molecule has 0 spiro atoms. The molecule has 0 aliphatic carbocycles.